The number of nitro benzene ring substituents is 1. The molecule has 0 aliphatic carbocycles. The number of nitro groups is 1. The SMILES string of the molecule is O=C(Cl)c1c[nH]c2ccc([N+](=O)[O-])cc12. The van der Waals surface area contributed by atoms with Crippen LogP contribution in [0.15, 0.2) is 24.4 Å². The van der Waals surface area contributed by atoms with Gasteiger partial charge in [0, 0.05) is 29.2 Å². The molecule has 2 aromatic rings. The van der Waals surface area contributed by atoms with E-state index in [0.29, 0.717) is 10.9 Å². The first-order chi connectivity index (χ1) is 7.09. The molecule has 0 spiro atoms. The second-order valence-electron chi connectivity index (χ2n) is 2.96. The van der Waals surface area contributed by atoms with E-state index in [9.17, 15) is 14.9 Å². The van der Waals surface area contributed by atoms with Gasteiger partial charge in [-0.25, -0.2) is 0 Å². The quantitative estimate of drug-likeness (QED) is 0.484. The molecule has 0 saturated heterocycles. The van der Waals surface area contributed by atoms with Crippen molar-refractivity contribution in [2.45, 2.75) is 0 Å². The van der Waals surface area contributed by atoms with Crippen LogP contribution in [0.3, 0.4) is 0 Å². The fourth-order valence-corrected chi connectivity index (χ4v) is 1.54. The number of aromatic amines is 1. The number of nitrogens with one attached hydrogen (secondary N) is 1. The highest BCUT2D eigenvalue weighted by atomic mass is 35.5. The van der Waals surface area contributed by atoms with E-state index in [4.69, 9.17) is 11.6 Å². The molecule has 0 aliphatic rings. The van der Waals surface area contributed by atoms with E-state index in [1.54, 1.807) is 0 Å². The van der Waals surface area contributed by atoms with Crippen molar-refractivity contribution in [2.24, 2.45) is 0 Å². The van der Waals surface area contributed by atoms with Crippen LogP contribution >= 0.6 is 11.6 Å². The lowest BCUT2D eigenvalue weighted by molar-refractivity contribution is -0.384. The summed E-state index contributed by atoms with van der Waals surface area (Å²) in [4.78, 5) is 23.8. The van der Waals surface area contributed by atoms with Crippen LogP contribution in [0.5, 0.6) is 0 Å². The summed E-state index contributed by atoms with van der Waals surface area (Å²) in [5.41, 5.74) is 0.821. The second-order valence-corrected chi connectivity index (χ2v) is 3.31. The summed E-state index contributed by atoms with van der Waals surface area (Å²) in [6.07, 6.45) is 1.43. The highest BCUT2D eigenvalue weighted by molar-refractivity contribution is 6.68. The molecule has 1 aromatic heterocycles. The predicted octanol–water partition coefficient (Wildman–Crippen LogP) is 2.46. The van der Waals surface area contributed by atoms with Crippen LogP contribution in [0.25, 0.3) is 10.9 Å². The fourth-order valence-electron chi connectivity index (χ4n) is 1.38. The van der Waals surface area contributed by atoms with Gasteiger partial charge in [0.05, 0.1) is 10.5 Å². The van der Waals surface area contributed by atoms with E-state index < -0.39 is 10.2 Å². The van der Waals surface area contributed by atoms with Crippen molar-refractivity contribution in [2.75, 3.05) is 0 Å². The van der Waals surface area contributed by atoms with Crippen LogP contribution in [0, 0.1) is 10.1 Å². The third kappa shape index (κ3) is 1.57. The Bertz CT molecular complexity index is 561. The number of benzene rings is 1. The lowest BCUT2D eigenvalue weighted by Crippen LogP contribution is -1.89. The summed E-state index contributed by atoms with van der Waals surface area (Å²) in [6.45, 7) is 0. The maximum absolute atomic E-state index is 11.0. The highest BCUT2D eigenvalue weighted by Crippen LogP contribution is 2.24. The molecule has 15 heavy (non-hydrogen) atoms. The molecular weight excluding hydrogens is 220 g/mol. The van der Waals surface area contributed by atoms with E-state index in [-0.39, 0.29) is 11.3 Å². The molecule has 0 saturated carbocycles. The molecule has 0 fully saturated rings. The van der Waals surface area contributed by atoms with Gasteiger partial charge in [0.2, 0.25) is 0 Å². The molecule has 0 amide bonds. The van der Waals surface area contributed by atoms with E-state index in [2.05, 4.69) is 4.98 Å². The molecule has 2 rings (SSSR count). The van der Waals surface area contributed by atoms with Crippen LogP contribution in [-0.4, -0.2) is 15.1 Å². The third-order valence-electron chi connectivity index (χ3n) is 2.09. The summed E-state index contributed by atoms with van der Waals surface area (Å²) in [5, 5.41) is 10.4. The van der Waals surface area contributed by atoms with Crippen molar-refractivity contribution < 1.29 is 9.72 Å². The number of carbonyl (C=O) groups is 1. The van der Waals surface area contributed by atoms with Gasteiger partial charge in [0.15, 0.2) is 0 Å². The molecule has 1 heterocycles. The standard InChI is InChI=1S/C9H5ClN2O3/c10-9(13)7-4-11-8-2-1-5(12(14)15)3-6(7)8/h1-4,11H. The van der Waals surface area contributed by atoms with Crippen LogP contribution in [0.2, 0.25) is 0 Å². The van der Waals surface area contributed by atoms with Crippen molar-refractivity contribution in [1.29, 1.82) is 0 Å². The van der Waals surface area contributed by atoms with Crippen LogP contribution < -0.4 is 0 Å². The molecule has 76 valence electrons. The van der Waals surface area contributed by atoms with Gasteiger partial charge in [-0.05, 0) is 17.7 Å². The Morgan fingerprint density at radius 3 is 2.80 bits per heavy atom. The Morgan fingerprint density at radius 1 is 1.47 bits per heavy atom. The van der Waals surface area contributed by atoms with Gasteiger partial charge in [-0.2, -0.15) is 0 Å². The van der Waals surface area contributed by atoms with Gasteiger partial charge in [-0.3, -0.25) is 14.9 Å². The van der Waals surface area contributed by atoms with Gasteiger partial charge >= 0.3 is 0 Å². The number of hydrogen-bond acceptors (Lipinski definition) is 3. The van der Waals surface area contributed by atoms with Crippen molar-refractivity contribution in [3.63, 3.8) is 0 Å². The van der Waals surface area contributed by atoms with Crippen molar-refractivity contribution >= 4 is 33.4 Å². The number of nitrogens with zero attached hydrogens (tertiary/aromatic N) is 1. The summed E-state index contributed by atoms with van der Waals surface area (Å²) in [7, 11) is 0. The minimum absolute atomic E-state index is 0.0683. The normalized spacial score (nSPS) is 10.5. The number of H-pyrrole nitrogens is 1. The van der Waals surface area contributed by atoms with Crippen LogP contribution in [0.4, 0.5) is 5.69 Å². The van der Waals surface area contributed by atoms with Crippen molar-refractivity contribution in [3.05, 3.63) is 40.1 Å². The lowest BCUT2D eigenvalue weighted by atomic mass is 10.2. The summed E-state index contributed by atoms with van der Waals surface area (Å²) >= 11 is 5.33. The van der Waals surface area contributed by atoms with E-state index in [0.717, 1.165) is 0 Å². The highest BCUT2D eigenvalue weighted by Gasteiger charge is 2.13. The average Bonchev–Trinajstić information content (AvgIpc) is 2.59. The van der Waals surface area contributed by atoms with Gasteiger partial charge in [0.25, 0.3) is 10.9 Å². The Hall–Kier alpha value is -1.88. The predicted molar refractivity (Wildman–Crippen MR) is 55.1 cm³/mol. The maximum atomic E-state index is 11.0. The number of carbonyl (C=O) groups excluding carboxylic acids is 1. The van der Waals surface area contributed by atoms with Gasteiger partial charge in [0.1, 0.15) is 0 Å². The minimum Gasteiger partial charge on any atom is -0.360 e. The molecule has 0 unspecified atom stereocenters. The topological polar surface area (TPSA) is 76.0 Å². The molecule has 0 aliphatic heterocycles. The van der Waals surface area contributed by atoms with E-state index in [1.165, 1.54) is 24.4 Å². The molecule has 5 nitrogen and oxygen atoms in total. The third-order valence-corrected chi connectivity index (χ3v) is 2.29. The maximum Gasteiger partial charge on any atom is 0.270 e. The first kappa shape index (κ1) is 9.67. The summed E-state index contributed by atoms with van der Waals surface area (Å²) < 4.78 is 0. The second kappa shape index (κ2) is 3.36. The Balaban J connectivity index is 2.72. The number of halogens is 1. The minimum atomic E-state index is -0.637. The smallest absolute Gasteiger partial charge is 0.270 e. The number of aromatic nitrogens is 1. The molecular formula is C9H5ClN2O3. The lowest BCUT2D eigenvalue weighted by Gasteiger charge is -1.93. The Morgan fingerprint density at radius 2 is 2.20 bits per heavy atom. The summed E-state index contributed by atoms with van der Waals surface area (Å²) in [5.74, 6) is 0. The van der Waals surface area contributed by atoms with Crippen molar-refractivity contribution in [1.82, 2.24) is 4.98 Å². The monoisotopic (exact) mass is 224 g/mol. The van der Waals surface area contributed by atoms with Gasteiger partial charge in [-0.1, -0.05) is 0 Å². The Labute approximate surface area is 88.8 Å². The molecule has 0 atom stereocenters. The zero-order valence-electron chi connectivity index (χ0n) is 7.36. The van der Waals surface area contributed by atoms with Crippen molar-refractivity contribution in [3.8, 4) is 0 Å². The Kier molecular flexibility index (Phi) is 2.17. The zero-order chi connectivity index (χ0) is 11.0. The number of fused-ring (bicyclic) bond motifs is 1. The van der Waals surface area contributed by atoms with E-state index >= 15 is 0 Å². The number of hydrogen-bond donors (Lipinski definition) is 1. The molecule has 0 bridgehead atoms. The first-order valence-electron chi connectivity index (χ1n) is 4.05. The fraction of sp³-hybridized carbons (Fsp3) is 0. The molecule has 6 heteroatoms. The largest absolute Gasteiger partial charge is 0.360 e. The van der Waals surface area contributed by atoms with Crippen LogP contribution in [0.1, 0.15) is 10.4 Å². The number of rotatable bonds is 2. The molecule has 1 N–H and O–H groups in total. The van der Waals surface area contributed by atoms with Gasteiger partial charge in [-0.15, -0.1) is 0 Å². The van der Waals surface area contributed by atoms with Gasteiger partial charge < -0.3 is 4.98 Å². The average molecular weight is 225 g/mol. The van der Waals surface area contributed by atoms with Crippen LogP contribution in [-0.2, 0) is 0 Å². The zero-order valence-corrected chi connectivity index (χ0v) is 8.12. The van der Waals surface area contributed by atoms with E-state index in [1.807, 2.05) is 0 Å². The molecule has 1 aromatic carbocycles. The number of non-ortho nitro benzene ring substituents is 1. The molecule has 0 radical (unpaired) electrons. The first-order valence-corrected chi connectivity index (χ1v) is 4.43. The summed E-state index contributed by atoms with van der Waals surface area (Å²) in [6, 6.07) is 4.22.